The standard InChI is InChI=1S/C13H16N2O3S/c1-2-15(10-3-4-10)19(17,18)11-5-6-12-9(7-11)8-13(16)14-12/h5-7,10H,2-4,8H2,1H3,(H,14,16). The van der Waals surface area contributed by atoms with Crippen molar-refractivity contribution in [3.63, 3.8) is 0 Å². The fourth-order valence-electron chi connectivity index (χ4n) is 2.49. The summed E-state index contributed by atoms with van der Waals surface area (Å²) in [4.78, 5) is 11.6. The van der Waals surface area contributed by atoms with Crippen LogP contribution < -0.4 is 5.32 Å². The third kappa shape index (κ3) is 2.15. The van der Waals surface area contributed by atoms with Gasteiger partial charge in [0.25, 0.3) is 0 Å². The number of carbonyl (C=O) groups is 1. The number of nitrogens with zero attached hydrogens (tertiary/aromatic N) is 1. The molecule has 6 heteroatoms. The molecule has 1 aliphatic heterocycles. The molecular weight excluding hydrogens is 264 g/mol. The minimum absolute atomic E-state index is 0.0842. The van der Waals surface area contributed by atoms with Crippen LogP contribution in [0.5, 0.6) is 0 Å². The zero-order valence-electron chi connectivity index (χ0n) is 10.7. The Balaban J connectivity index is 1.98. The second-order valence-electron chi connectivity index (χ2n) is 4.98. The molecule has 0 spiro atoms. The van der Waals surface area contributed by atoms with Crippen LogP contribution in [-0.2, 0) is 21.2 Å². The molecule has 1 aromatic carbocycles. The topological polar surface area (TPSA) is 66.5 Å². The van der Waals surface area contributed by atoms with Gasteiger partial charge in [-0.15, -0.1) is 0 Å². The Kier molecular flexibility index (Phi) is 2.87. The normalized spacial score (nSPS) is 18.5. The van der Waals surface area contributed by atoms with E-state index in [1.165, 1.54) is 0 Å². The fraction of sp³-hybridized carbons (Fsp3) is 0.462. The summed E-state index contributed by atoms with van der Waals surface area (Å²) in [5.41, 5.74) is 1.48. The van der Waals surface area contributed by atoms with Crippen molar-refractivity contribution in [3.8, 4) is 0 Å². The van der Waals surface area contributed by atoms with Crippen molar-refractivity contribution >= 4 is 21.6 Å². The highest BCUT2D eigenvalue weighted by atomic mass is 32.2. The Morgan fingerprint density at radius 1 is 1.37 bits per heavy atom. The van der Waals surface area contributed by atoms with Crippen LogP contribution >= 0.6 is 0 Å². The zero-order chi connectivity index (χ0) is 13.6. The number of benzene rings is 1. The summed E-state index contributed by atoms with van der Waals surface area (Å²) in [6.07, 6.45) is 2.14. The van der Waals surface area contributed by atoms with Gasteiger partial charge in [0.15, 0.2) is 0 Å². The highest BCUT2D eigenvalue weighted by molar-refractivity contribution is 7.89. The van der Waals surface area contributed by atoms with Crippen molar-refractivity contribution in [1.29, 1.82) is 0 Å². The zero-order valence-corrected chi connectivity index (χ0v) is 11.5. The molecule has 1 fully saturated rings. The summed E-state index contributed by atoms with van der Waals surface area (Å²) in [5, 5.41) is 2.71. The molecule has 0 aromatic heterocycles. The summed E-state index contributed by atoms with van der Waals surface area (Å²) in [5.74, 6) is -0.0842. The maximum Gasteiger partial charge on any atom is 0.243 e. The molecule has 3 rings (SSSR count). The summed E-state index contributed by atoms with van der Waals surface area (Å²) < 4.78 is 26.6. The molecule has 1 aromatic rings. The first kappa shape index (κ1) is 12.6. The first-order valence-corrected chi connectivity index (χ1v) is 7.91. The van der Waals surface area contributed by atoms with Crippen molar-refractivity contribution in [2.75, 3.05) is 11.9 Å². The predicted molar refractivity (Wildman–Crippen MR) is 71.4 cm³/mol. The van der Waals surface area contributed by atoms with Gasteiger partial charge in [0.05, 0.1) is 11.3 Å². The second-order valence-corrected chi connectivity index (χ2v) is 6.87. The molecule has 0 radical (unpaired) electrons. The molecule has 0 saturated heterocycles. The number of amides is 1. The van der Waals surface area contributed by atoms with E-state index in [1.54, 1.807) is 22.5 Å². The third-order valence-corrected chi connectivity index (χ3v) is 5.60. The van der Waals surface area contributed by atoms with Crippen LogP contribution in [0.4, 0.5) is 5.69 Å². The van der Waals surface area contributed by atoms with Crippen LogP contribution in [0, 0.1) is 0 Å². The number of hydrogen-bond acceptors (Lipinski definition) is 3. The van der Waals surface area contributed by atoms with Gasteiger partial charge in [-0.2, -0.15) is 4.31 Å². The first-order chi connectivity index (χ1) is 9.02. The molecule has 1 N–H and O–H groups in total. The molecule has 2 aliphatic rings. The molecule has 0 atom stereocenters. The van der Waals surface area contributed by atoms with Gasteiger partial charge in [0.1, 0.15) is 0 Å². The van der Waals surface area contributed by atoms with Gasteiger partial charge in [-0.1, -0.05) is 6.92 Å². The molecule has 1 amide bonds. The van der Waals surface area contributed by atoms with E-state index >= 15 is 0 Å². The lowest BCUT2D eigenvalue weighted by molar-refractivity contribution is -0.115. The van der Waals surface area contributed by atoms with Crippen molar-refractivity contribution in [3.05, 3.63) is 23.8 Å². The van der Waals surface area contributed by atoms with Gasteiger partial charge in [-0.25, -0.2) is 8.42 Å². The molecule has 0 unspecified atom stereocenters. The number of carbonyl (C=O) groups excluding carboxylic acids is 1. The van der Waals surface area contributed by atoms with Crippen LogP contribution in [0.2, 0.25) is 0 Å². The SMILES string of the molecule is CCN(C1CC1)S(=O)(=O)c1ccc2c(c1)CC(=O)N2. The largest absolute Gasteiger partial charge is 0.326 e. The average molecular weight is 280 g/mol. The number of sulfonamides is 1. The third-order valence-electron chi connectivity index (χ3n) is 3.57. The number of fused-ring (bicyclic) bond motifs is 1. The Bertz CT molecular complexity index is 635. The van der Waals surface area contributed by atoms with E-state index < -0.39 is 10.0 Å². The minimum atomic E-state index is -3.43. The van der Waals surface area contributed by atoms with Crippen LogP contribution in [0.3, 0.4) is 0 Å². The summed E-state index contributed by atoms with van der Waals surface area (Å²) >= 11 is 0. The maximum atomic E-state index is 12.5. The summed E-state index contributed by atoms with van der Waals surface area (Å²) in [6.45, 7) is 2.34. The van der Waals surface area contributed by atoms with Gasteiger partial charge < -0.3 is 5.32 Å². The van der Waals surface area contributed by atoms with E-state index in [0.29, 0.717) is 6.54 Å². The summed E-state index contributed by atoms with van der Waals surface area (Å²) in [7, 11) is -3.43. The number of hydrogen-bond donors (Lipinski definition) is 1. The van der Waals surface area contributed by atoms with Gasteiger partial charge >= 0.3 is 0 Å². The predicted octanol–water partition coefficient (Wildman–Crippen LogP) is 1.35. The van der Waals surface area contributed by atoms with Crippen LogP contribution in [0.25, 0.3) is 0 Å². The molecule has 1 saturated carbocycles. The highest BCUT2D eigenvalue weighted by Gasteiger charge is 2.37. The van der Waals surface area contributed by atoms with E-state index in [-0.39, 0.29) is 23.3 Å². The Labute approximate surface area is 112 Å². The lowest BCUT2D eigenvalue weighted by Crippen LogP contribution is -2.32. The van der Waals surface area contributed by atoms with Crippen LogP contribution in [0.1, 0.15) is 25.3 Å². The van der Waals surface area contributed by atoms with Gasteiger partial charge in [-0.3, -0.25) is 4.79 Å². The van der Waals surface area contributed by atoms with Crippen molar-refractivity contribution < 1.29 is 13.2 Å². The minimum Gasteiger partial charge on any atom is -0.326 e. The molecule has 5 nitrogen and oxygen atoms in total. The molecule has 0 bridgehead atoms. The fourth-order valence-corrected chi connectivity index (χ4v) is 4.23. The van der Waals surface area contributed by atoms with E-state index in [1.807, 2.05) is 6.92 Å². The van der Waals surface area contributed by atoms with E-state index in [4.69, 9.17) is 0 Å². The Hall–Kier alpha value is -1.40. The maximum absolute atomic E-state index is 12.5. The molecule has 1 aliphatic carbocycles. The summed E-state index contributed by atoms with van der Waals surface area (Å²) in [6, 6.07) is 5.02. The molecule has 102 valence electrons. The van der Waals surface area contributed by atoms with Gasteiger partial charge in [0, 0.05) is 18.3 Å². The number of rotatable bonds is 4. The van der Waals surface area contributed by atoms with Crippen molar-refractivity contribution in [1.82, 2.24) is 4.31 Å². The molecule has 1 heterocycles. The van der Waals surface area contributed by atoms with Crippen LogP contribution in [0.15, 0.2) is 23.1 Å². The van der Waals surface area contributed by atoms with Gasteiger partial charge in [0.2, 0.25) is 15.9 Å². The monoisotopic (exact) mass is 280 g/mol. The molecule has 19 heavy (non-hydrogen) atoms. The lowest BCUT2D eigenvalue weighted by atomic mass is 10.2. The Morgan fingerprint density at radius 3 is 2.74 bits per heavy atom. The smallest absolute Gasteiger partial charge is 0.243 e. The number of nitrogens with one attached hydrogen (secondary N) is 1. The second kappa shape index (κ2) is 4.31. The van der Waals surface area contributed by atoms with Crippen molar-refractivity contribution in [2.24, 2.45) is 0 Å². The Morgan fingerprint density at radius 2 is 2.11 bits per heavy atom. The first-order valence-electron chi connectivity index (χ1n) is 6.47. The number of anilines is 1. The van der Waals surface area contributed by atoms with Crippen LogP contribution in [-0.4, -0.2) is 31.2 Å². The van der Waals surface area contributed by atoms with Crippen molar-refractivity contribution in [2.45, 2.75) is 37.1 Å². The quantitative estimate of drug-likeness (QED) is 0.905. The van der Waals surface area contributed by atoms with E-state index in [2.05, 4.69) is 5.32 Å². The lowest BCUT2D eigenvalue weighted by Gasteiger charge is -2.20. The molecular formula is C13H16N2O3S. The van der Waals surface area contributed by atoms with E-state index in [0.717, 1.165) is 24.1 Å². The van der Waals surface area contributed by atoms with Gasteiger partial charge in [-0.05, 0) is 36.6 Å². The average Bonchev–Trinajstić information content (AvgIpc) is 3.09. The highest BCUT2D eigenvalue weighted by Crippen LogP contribution is 2.33. The van der Waals surface area contributed by atoms with E-state index in [9.17, 15) is 13.2 Å².